The van der Waals surface area contributed by atoms with Crippen LogP contribution >= 0.6 is 0 Å². The van der Waals surface area contributed by atoms with Crippen LogP contribution in [-0.2, 0) is 11.2 Å². The Bertz CT molecular complexity index is 948. The number of aromatic nitrogens is 3. The van der Waals surface area contributed by atoms with E-state index in [9.17, 15) is 4.79 Å². The number of hydrogen-bond acceptors (Lipinski definition) is 8. The van der Waals surface area contributed by atoms with Crippen LogP contribution in [0.4, 0.5) is 17.5 Å². The van der Waals surface area contributed by atoms with Crippen LogP contribution in [0.5, 0.6) is 5.75 Å². The third-order valence-corrected chi connectivity index (χ3v) is 4.02. The van der Waals surface area contributed by atoms with E-state index in [0.717, 1.165) is 17.7 Å². The second-order valence-corrected chi connectivity index (χ2v) is 5.82. The molecule has 0 saturated heterocycles. The van der Waals surface area contributed by atoms with Gasteiger partial charge < -0.3 is 20.1 Å². The highest BCUT2D eigenvalue weighted by Crippen LogP contribution is 2.21. The summed E-state index contributed by atoms with van der Waals surface area (Å²) in [5, 5.41) is 14.2. The quantitative estimate of drug-likeness (QED) is 0.576. The Labute approximate surface area is 162 Å². The SMILES string of the molecule is COC(=O)c1ccccc1Nc1cnnc(NCCc2ccccc2OC)n1. The van der Waals surface area contributed by atoms with Crippen molar-refractivity contribution in [3.05, 3.63) is 65.9 Å². The van der Waals surface area contributed by atoms with E-state index in [1.165, 1.54) is 13.3 Å². The van der Waals surface area contributed by atoms with Gasteiger partial charge in [0.15, 0.2) is 5.82 Å². The topological polar surface area (TPSA) is 98.3 Å². The van der Waals surface area contributed by atoms with Gasteiger partial charge >= 0.3 is 5.97 Å². The highest BCUT2D eigenvalue weighted by atomic mass is 16.5. The number of methoxy groups -OCH3 is 2. The van der Waals surface area contributed by atoms with Gasteiger partial charge in [0.25, 0.3) is 0 Å². The molecule has 8 heteroatoms. The highest BCUT2D eigenvalue weighted by molar-refractivity contribution is 5.96. The standard InChI is InChI=1S/C20H21N5O3/c1-27-17-10-6-3-7-14(17)11-12-21-20-24-18(13-22-25-20)23-16-9-5-4-8-15(16)19(26)28-2/h3-10,13H,11-12H2,1-2H3,(H2,21,23,24,25). The summed E-state index contributed by atoms with van der Waals surface area (Å²) < 4.78 is 10.2. The van der Waals surface area contributed by atoms with Crippen LogP contribution < -0.4 is 15.4 Å². The third-order valence-electron chi connectivity index (χ3n) is 4.02. The van der Waals surface area contributed by atoms with Crippen molar-refractivity contribution in [2.45, 2.75) is 6.42 Å². The summed E-state index contributed by atoms with van der Waals surface area (Å²) in [6.07, 6.45) is 2.23. The van der Waals surface area contributed by atoms with Crippen LogP contribution in [0, 0.1) is 0 Å². The molecule has 0 aliphatic rings. The van der Waals surface area contributed by atoms with Gasteiger partial charge in [0.2, 0.25) is 5.95 Å². The summed E-state index contributed by atoms with van der Waals surface area (Å²) in [5.74, 6) is 1.26. The fourth-order valence-electron chi connectivity index (χ4n) is 2.68. The lowest BCUT2D eigenvalue weighted by Gasteiger charge is -2.11. The zero-order valence-electron chi connectivity index (χ0n) is 15.7. The maximum Gasteiger partial charge on any atom is 0.339 e. The molecule has 2 N–H and O–H groups in total. The fourth-order valence-corrected chi connectivity index (χ4v) is 2.68. The van der Waals surface area contributed by atoms with Crippen molar-refractivity contribution in [3.8, 4) is 5.75 Å². The minimum absolute atomic E-state index is 0.385. The second kappa shape index (κ2) is 9.31. The molecule has 2 aromatic carbocycles. The molecule has 3 rings (SSSR count). The maximum absolute atomic E-state index is 11.9. The van der Waals surface area contributed by atoms with Gasteiger partial charge in [-0.05, 0) is 30.2 Å². The Hall–Kier alpha value is -3.68. The molecule has 0 radical (unpaired) electrons. The Morgan fingerprint density at radius 1 is 1.07 bits per heavy atom. The van der Waals surface area contributed by atoms with E-state index in [-0.39, 0.29) is 0 Å². The molecule has 0 amide bonds. The number of para-hydroxylation sites is 2. The first-order valence-electron chi connectivity index (χ1n) is 8.71. The summed E-state index contributed by atoms with van der Waals surface area (Å²) in [7, 11) is 3.00. The average Bonchev–Trinajstić information content (AvgIpc) is 2.74. The number of carbonyl (C=O) groups is 1. The number of hydrogen-bond donors (Lipinski definition) is 2. The molecule has 0 aliphatic carbocycles. The first kappa shape index (κ1) is 19.1. The monoisotopic (exact) mass is 379 g/mol. The van der Waals surface area contributed by atoms with Crippen LogP contribution in [0.3, 0.4) is 0 Å². The van der Waals surface area contributed by atoms with E-state index in [4.69, 9.17) is 9.47 Å². The fraction of sp³-hybridized carbons (Fsp3) is 0.200. The molecular weight excluding hydrogens is 358 g/mol. The smallest absolute Gasteiger partial charge is 0.339 e. The van der Waals surface area contributed by atoms with Crippen LogP contribution in [0.2, 0.25) is 0 Å². The van der Waals surface area contributed by atoms with Gasteiger partial charge in [-0.3, -0.25) is 0 Å². The Morgan fingerprint density at radius 2 is 1.86 bits per heavy atom. The molecule has 0 aliphatic heterocycles. The lowest BCUT2D eigenvalue weighted by Crippen LogP contribution is -2.11. The third kappa shape index (κ3) is 4.73. The normalized spacial score (nSPS) is 10.2. The number of carbonyl (C=O) groups excluding carboxylic acids is 1. The van der Waals surface area contributed by atoms with Gasteiger partial charge in [-0.2, -0.15) is 10.1 Å². The maximum atomic E-state index is 11.9. The number of benzene rings is 2. The van der Waals surface area contributed by atoms with Gasteiger partial charge in [-0.1, -0.05) is 30.3 Å². The van der Waals surface area contributed by atoms with Crippen molar-refractivity contribution in [2.75, 3.05) is 31.4 Å². The molecular formula is C20H21N5O3. The van der Waals surface area contributed by atoms with E-state index in [1.807, 2.05) is 30.3 Å². The minimum atomic E-state index is -0.430. The van der Waals surface area contributed by atoms with E-state index < -0.39 is 5.97 Å². The van der Waals surface area contributed by atoms with Crippen molar-refractivity contribution >= 4 is 23.4 Å². The van der Waals surface area contributed by atoms with Crippen LogP contribution in [0.15, 0.2) is 54.7 Å². The van der Waals surface area contributed by atoms with E-state index >= 15 is 0 Å². The van der Waals surface area contributed by atoms with Crippen molar-refractivity contribution in [2.24, 2.45) is 0 Å². The molecule has 0 unspecified atom stereocenters. The van der Waals surface area contributed by atoms with Crippen LogP contribution in [0.25, 0.3) is 0 Å². The first-order chi connectivity index (χ1) is 13.7. The van der Waals surface area contributed by atoms with Crippen molar-refractivity contribution in [1.29, 1.82) is 0 Å². The summed E-state index contributed by atoms with van der Waals surface area (Å²) in [6.45, 7) is 0.615. The summed E-state index contributed by atoms with van der Waals surface area (Å²) in [5.41, 5.74) is 2.08. The van der Waals surface area contributed by atoms with Gasteiger partial charge in [-0.25, -0.2) is 4.79 Å². The molecule has 8 nitrogen and oxygen atoms in total. The number of esters is 1. The first-order valence-corrected chi connectivity index (χ1v) is 8.71. The van der Waals surface area contributed by atoms with E-state index in [0.29, 0.717) is 29.6 Å². The minimum Gasteiger partial charge on any atom is -0.496 e. The van der Waals surface area contributed by atoms with Gasteiger partial charge in [0.05, 0.1) is 31.7 Å². The Balaban J connectivity index is 1.66. The molecule has 0 fully saturated rings. The summed E-state index contributed by atoms with van der Waals surface area (Å²) in [4.78, 5) is 16.3. The van der Waals surface area contributed by atoms with Crippen molar-refractivity contribution in [1.82, 2.24) is 15.2 Å². The molecule has 1 aromatic heterocycles. The number of nitrogens with one attached hydrogen (secondary N) is 2. The van der Waals surface area contributed by atoms with E-state index in [2.05, 4.69) is 25.8 Å². The zero-order chi connectivity index (χ0) is 19.8. The molecule has 0 saturated carbocycles. The van der Waals surface area contributed by atoms with Gasteiger partial charge in [-0.15, -0.1) is 5.10 Å². The highest BCUT2D eigenvalue weighted by Gasteiger charge is 2.12. The number of anilines is 3. The number of ether oxygens (including phenoxy) is 2. The van der Waals surface area contributed by atoms with Crippen molar-refractivity contribution < 1.29 is 14.3 Å². The van der Waals surface area contributed by atoms with Gasteiger partial charge in [0.1, 0.15) is 5.75 Å². The Morgan fingerprint density at radius 3 is 2.68 bits per heavy atom. The molecule has 0 bridgehead atoms. The summed E-state index contributed by atoms with van der Waals surface area (Å²) in [6, 6.07) is 14.9. The number of rotatable bonds is 8. The second-order valence-electron chi connectivity index (χ2n) is 5.82. The largest absolute Gasteiger partial charge is 0.496 e. The molecule has 28 heavy (non-hydrogen) atoms. The molecule has 3 aromatic rings. The lowest BCUT2D eigenvalue weighted by molar-refractivity contribution is 0.0602. The predicted molar refractivity (Wildman–Crippen MR) is 106 cm³/mol. The zero-order valence-corrected chi connectivity index (χ0v) is 15.7. The van der Waals surface area contributed by atoms with Crippen LogP contribution in [-0.4, -0.2) is 41.9 Å². The van der Waals surface area contributed by atoms with Crippen LogP contribution in [0.1, 0.15) is 15.9 Å². The number of nitrogens with zero attached hydrogens (tertiary/aromatic N) is 3. The van der Waals surface area contributed by atoms with E-state index in [1.54, 1.807) is 25.3 Å². The predicted octanol–water partition coefficient (Wildman–Crippen LogP) is 3.07. The summed E-state index contributed by atoms with van der Waals surface area (Å²) >= 11 is 0. The van der Waals surface area contributed by atoms with Gasteiger partial charge in [0, 0.05) is 6.54 Å². The molecule has 0 atom stereocenters. The lowest BCUT2D eigenvalue weighted by atomic mass is 10.1. The molecule has 1 heterocycles. The molecule has 0 spiro atoms. The van der Waals surface area contributed by atoms with Crippen molar-refractivity contribution in [3.63, 3.8) is 0 Å². The molecule has 144 valence electrons. The average molecular weight is 379 g/mol. The Kier molecular flexibility index (Phi) is 6.35.